The number of halogens is 2. The number of morpholine rings is 1. The summed E-state index contributed by atoms with van der Waals surface area (Å²) in [6.45, 7) is 1.48. The minimum atomic E-state index is -0.798. The predicted molar refractivity (Wildman–Crippen MR) is 77.9 cm³/mol. The molecular formula is C15H17F2N3O3. The van der Waals surface area contributed by atoms with E-state index in [1.165, 1.54) is 6.07 Å². The van der Waals surface area contributed by atoms with Crippen LogP contribution in [0.3, 0.4) is 0 Å². The van der Waals surface area contributed by atoms with E-state index in [2.05, 4.69) is 10.6 Å². The summed E-state index contributed by atoms with van der Waals surface area (Å²) in [6.07, 6.45) is 0.298. The first kappa shape index (κ1) is 15.8. The summed E-state index contributed by atoms with van der Waals surface area (Å²) in [4.78, 5) is 25.5. The summed E-state index contributed by atoms with van der Waals surface area (Å²) in [5, 5.41) is 5.61. The second-order valence-electron chi connectivity index (χ2n) is 5.49. The number of carbonyl (C=O) groups excluding carboxylic acids is 2. The minimum Gasteiger partial charge on any atom is -0.378 e. The Morgan fingerprint density at radius 3 is 2.74 bits per heavy atom. The van der Waals surface area contributed by atoms with Crippen LogP contribution in [0.25, 0.3) is 0 Å². The van der Waals surface area contributed by atoms with Gasteiger partial charge in [0.2, 0.25) is 11.8 Å². The molecule has 2 aliphatic rings. The van der Waals surface area contributed by atoms with Crippen molar-refractivity contribution < 1.29 is 23.1 Å². The highest BCUT2D eigenvalue weighted by Gasteiger charge is 2.37. The number of hydrogen-bond donors (Lipinski definition) is 2. The highest BCUT2D eigenvalue weighted by molar-refractivity contribution is 6.01. The zero-order valence-electron chi connectivity index (χ0n) is 12.4. The van der Waals surface area contributed by atoms with E-state index in [9.17, 15) is 18.4 Å². The zero-order chi connectivity index (χ0) is 16.4. The molecule has 0 radical (unpaired) electrons. The highest BCUT2D eigenvalue weighted by atomic mass is 19.1. The first-order valence-corrected chi connectivity index (χ1v) is 7.45. The fourth-order valence-corrected chi connectivity index (χ4v) is 2.79. The largest absolute Gasteiger partial charge is 0.378 e. The molecule has 2 fully saturated rings. The third kappa shape index (κ3) is 3.18. The number of rotatable bonds is 3. The topological polar surface area (TPSA) is 70.7 Å². The van der Waals surface area contributed by atoms with Crippen LogP contribution in [-0.4, -0.2) is 50.2 Å². The number of benzene rings is 1. The molecule has 1 aromatic carbocycles. The third-order valence-electron chi connectivity index (χ3n) is 3.97. The van der Waals surface area contributed by atoms with E-state index in [4.69, 9.17) is 4.74 Å². The highest BCUT2D eigenvalue weighted by Crippen LogP contribution is 2.27. The molecule has 124 valence electrons. The Morgan fingerprint density at radius 2 is 2.09 bits per heavy atom. The Kier molecular flexibility index (Phi) is 4.53. The summed E-state index contributed by atoms with van der Waals surface area (Å²) < 4.78 is 32.8. The van der Waals surface area contributed by atoms with Crippen molar-refractivity contribution in [3.8, 4) is 0 Å². The Hall–Kier alpha value is -2.06. The van der Waals surface area contributed by atoms with Crippen molar-refractivity contribution in [2.24, 2.45) is 0 Å². The van der Waals surface area contributed by atoms with Gasteiger partial charge >= 0.3 is 0 Å². The van der Waals surface area contributed by atoms with Gasteiger partial charge in [-0.3, -0.25) is 9.59 Å². The number of ether oxygens (including phenoxy) is 1. The van der Waals surface area contributed by atoms with Crippen molar-refractivity contribution in [3.05, 3.63) is 29.8 Å². The number of amides is 2. The molecule has 2 saturated heterocycles. The van der Waals surface area contributed by atoms with Gasteiger partial charge in [0.15, 0.2) is 0 Å². The normalized spacial score (nSPS) is 24.8. The zero-order valence-corrected chi connectivity index (χ0v) is 12.4. The quantitative estimate of drug-likeness (QED) is 0.831. The number of nitrogens with one attached hydrogen (secondary N) is 2. The lowest BCUT2D eigenvalue weighted by atomic mass is 10.2. The maximum Gasteiger partial charge on any atom is 0.249 e. The van der Waals surface area contributed by atoms with E-state index in [-0.39, 0.29) is 24.7 Å². The van der Waals surface area contributed by atoms with E-state index in [0.717, 1.165) is 17.0 Å². The van der Waals surface area contributed by atoms with Crippen LogP contribution in [-0.2, 0) is 14.3 Å². The molecule has 1 aromatic rings. The van der Waals surface area contributed by atoms with Crippen molar-refractivity contribution >= 4 is 17.5 Å². The molecule has 2 amide bonds. The van der Waals surface area contributed by atoms with E-state index >= 15 is 0 Å². The molecule has 2 aliphatic heterocycles. The molecule has 0 unspecified atom stereocenters. The molecule has 8 heteroatoms. The lowest BCUT2D eigenvalue weighted by Crippen LogP contribution is -2.54. The van der Waals surface area contributed by atoms with E-state index < -0.39 is 29.6 Å². The van der Waals surface area contributed by atoms with Gasteiger partial charge in [-0.1, -0.05) is 6.07 Å². The minimum absolute atomic E-state index is 0.149. The van der Waals surface area contributed by atoms with Crippen LogP contribution in [0.2, 0.25) is 0 Å². The van der Waals surface area contributed by atoms with Crippen molar-refractivity contribution in [1.82, 2.24) is 10.6 Å². The summed E-state index contributed by atoms with van der Waals surface area (Å²) >= 11 is 0. The Labute approximate surface area is 131 Å². The first-order chi connectivity index (χ1) is 11.1. The van der Waals surface area contributed by atoms with Crippen LogP contribution in [0.4, 0.5) is 14.5 Å². The summed E-state index contributed by atoms with van der Waals surface area (Å²) in [6, 6.07) is 2.13. The fourth-order valence-electron chi connectivity index (χ4n) is 2.79. The average Bonchev–Trinajstić information content (AvgIpc) is 2.89. The van der Waals surface area contributed by atoms with Gasteiger partial charge < -0.3 is 20.3 Å². The van der Waals surface area contributed by atoms with E-state index in [0.29, 0.717) is 19.6 Å². The molecule has 6 nitrogen and oxygen atoms in total. The Morgan fingerprint density at radius 1 is 1.35 bits per heavy atom. The third-order valence-corrected chi connectivity index (χ3v) is 3.97. The van der Waals surface area contributed by atoms with Crippen LogP contribution in [0.1, 0.15) is 6.42 Å². The molecule has 0 aromatic heterocycles. The second-order valence-corrected chi connectivity index (χ2v) is 5.49. The Balaban J connectivity index is 1.68. The summed E-state index contributed by atoms with van der Waals surface area (Å²) in [7, 11) is 0. The van der Waals surface area contributed by atoms with Crippen molar-refractivity contribution in [3.63, 3.8) is 0 Å². The van der Waals surface area contributed by atoms with E-state index in [1.807, 2.05) is 0 Å². The average molecular weight is 325 g/mol. The van der Waals surface area contributed by atoms with Crippen LogP contribution in [0.5, 0.6) is 0 Å². The van der Waals surface area contributed by atoms with Gasteiger partial charge in [-0.05, 0) is 18.6 Å². The van der Waals surface area contributed by atoms with Crippen molar-refractivity contribution in [2.75, 3.05) is 31.2 Å². The lowest BCUT2D eigenvalue weighted by molar-refractivity contribution is -0.129. The molecule has 0 aliphatic carbocycles. The smallest absolute Gasteiger partial charge is 0.249 e. The van der Waals surface area contributed by atoms with Gasteiger partial charge in [0.05, 0.1) is 13.2 Å². The number of hydrogen-bond acceptors (Lipinski definition) is 4. The monoisotopic (exact) mass is 325 g/mol. The van der Waals surface area contributed by atoms with Gasteiger partial charge in [0, 0.05) is 13.1 Å². The van der Waals surface area contributed by atoms with Gasteiger partial charge in [-0.25, -0.2) is 8.78 Å². The lowest BCUT2D eigenvalue weighted by Gasteiger charge is -2.24. The number of para-hydroxylation sites is 1. The predicted octanol–water partition coefficient (Wildman–Crippen LogP) is 0.175. The summed E-state index contributed by atoms with van der Waals surface area (Å²) in [5.74, 6) is -2.46. The van der Waals surface area contributed by atoms with Crippen LogP contribution >= 0.6 is 0 Å². The molecule has 23 heavy (non-hydrogen) atoms. The van der Waals surface area contributed by atoms with Crippen LogP contribution in [0.15, 0.2) is 18.2 Å². The van der Waals surface area contributed by atoms with Gasteiger partial charge in [0.1, 0.15) is 29.4 Å². The van der Waals surface area contributed by atoms with Gasteiger partial charge in [-0.15, -0.1) is 0 Å². The molecule has 2 atom stereocenters. The molecule has 0 spiro atoms. The van der Waals surface area contributed by atoms with Crippen LogP contribution < -0.4 is 15.5 Å². The first-order valence-electron chi connectivity index (χ1n) is 7.45. The van der Waals surface area contributed by atoms with E-state index in [1.54, 1.807) is 0 Å². The molecule has 2 N–H and O–H groups in total. The molecule has 0 saturated carbocycles. The summed E-state index contributed by atoms with van der Waals surface area (Å²) in [5.41, 5.74) is -0.367. The molecular weight excluding hydrogens is 308 g/mol. The van der Waals surface area contributed by atoms with Crippen molar-refractivity contribution in [1.29, 1.82) is 0 Å². The number of nitrogens with zero attached hydrogens (tertiary/aromatic N) is 1. The number of carbonyl (C=O) groups is 2. The van der Waals surface area contributed by atoms with Gasteiger partial charge in [-0.2, -0.15) is 0 Å². The molecule has 3 rings (SSSR count). The van der Waals surface area contributed by atoms with Gasteiger partial charge in [0.25, 0.3) is 0 Å². The van der Waals surface area contributed by atoms with Crippen LogP contribution in [0, 0.1) is 11.6 Å². The standard InChI is InChI=1S/C15H17F2N3O3/c16-9-2-1-3-10(17)13(9)20-6-4-11(15(20)22)19-14(21)12-8-23-7-5-18-12/h1-3,11-12,18H,4-8H2,(H,19,21)/t11-,12-/m0/s1. The molecule has 0 bridgehead atoms. The number of anilines is 1. The van der Waals surface area contributed by atoms with Crippen molar-refractivity contribution in [2.45, 2.75) is 18.5 Å². The maximum absolute atomic E-state index is 13.8. The maximum atomic E-state index is 13.8. The Bertz CT molecular complexity index is 600. The fraction of sp³-hybridized carbons (Fsp3) is 0.467. The second kappa shape index (κ2) is 6.59. The SMILES string of the molecule is O=C(N[C@H]1CCN(c2c(F)cccc2F)C1=O)[C@@H]1COCCN1. The molecule has 2 heterocycles.